The van der Waals surface area contributed by atoms with Crippen LogP contribution in [0.3, 0.4) is 0 Å². The van der Waals surface area contributed by atoms with E-state index >= 15 is 0 Å². The van der Waals surface area contributed by atoms with E-state index in [4.69, 9.17) is 9.26 Å². The average molecular weight is 313 g/mol. The van der Waals surface area contributed by atoms with Crippen molar-refractivity contribution in [3.05, 3.63) is 47.1 Å². The molecule has 2 bridgehead atoms. The van der Waals surface area contributed by atoms with Gasteiger partial charge in [0.25, 0.3) is 0 Å². The zero-order valence-electron chi connectivity index (χ0n) is 13.7. The van der Waals surface area contributed by atoms with Gasteiger partial charge in [-0.1, -0.05) is 11.2 Å². The van der Waals surface area contributed by atoms with Gasteiger partial charge in [0.2, 0.25) is 0 Å². The molecule has 1 aliphatic carbocycles. The molecule has 4 rings (SSSR count). The molecule has 1 saturated heterocycles. The van der Waals surface area contributed by atoms with Gasteiger partial charge in [-0.05, 0) is 44.2 Å². The highest BCUT2D eigenvalue weighted by atomic mass is 16.5. The Kier molecular flexibility index (Phi) is 3.91. The smallest absolute Gasteiger partial charge is 0.138 e. The molecule has 0 unspecified atom stereocenters. The lowest BCUT2D eigenvalue weighted by Crippen LogP contribution is -2.38. The summed E-state index contributed by atoms with van der Waals surface area (Å²) in [7, 11) is 0. The Hall–Kier alpha value is -1.72. The lowest BCUT2D eigenvalue weighted by Gasteiger charge is -2.31. The summed E-state index contributed by atoms with van der Waals surface area (Å²) in [5.74, 6) is 1.60. The number of hydrogen-bond acceptors (Lipinski definition) is 5. The first kappa shape index (κ1) is 14.8. The summed E-state index contributed by atoms with van der Waals surface area (Å²) in [5.41, 5.74) is 3.43. The normalized spacial score (nSPS) is 27.0. The Morgan fingerprint density at radius 2 is 2.26 bits per heavy atom. The molecule has 5 nitrogen and oxygen atoms in total. The summed E-state index contributed by atoms with van der Waals surface area (Å²) < 4.78 is 11.4. The summed E-state index contributed by atoms with van der Waals surface area (Å²) in [4.78, 5) is 6.72. The fraction of sp³-hybridized carbons (Fsp3) is 0.556. The van der Waals surface area contributed by atoms with Crippen LogP contribution < -0.4 is 0 Å². The maximum atomic E-state index is 6.16. The van der Waals surface area contributed by atoms with Gasteiger partial charge in [-0.2, -0.15) is 0 Å². The topological polar surface area (TPSA) is 51.4 Å². The van der Waals surface area contributed by atoms with E-state index in [-0.39, 0.29) is 0 Å². The van der Waals surface area contributed by atoms with Crippen molar-refractivity contribution in [3.63, 3.8) is 0 Å². The molecule has 23 heavy (non-hydrogen) atoms. The molecule has 0 amide bonds. The van der Waals surface area contributed by atoms with Gasteiger partial charge >= 0.3 is 0 Å². The van der Waals surface area contributed by atoms with Crippen molar-refractivity contribution in [2.24, 2.45) is 5.92 Å². The highest BCUT2D eigenvalue weighted by Gasteiger charge is 2.45. The monoisotopic (exact) mass is 313 g/mol. The first-order valence-corrected chi connectivity index (χ1v) is 8.37. The number of likely N-dealkylation sites (tertiary alicyclic amines) is 1. The van der Waals surface area contributed by atoms with Crippen molar-refractivity contribution in [1.82, 2.24) is 15.0 Å². The fourth-order valence-corrected chi connectivity index (χ4v) is 4.01. The van der Waals surface area contributed by atoms with E-state index in [1.165, 1.54) is 12.0 Å². The average Bonchev–Trinajstić information content (AvgIpc) is 3.24. The van der Waals surface area contributed by atoms with Gasteiger partial charge in [0.05, 0.1) is 18.4 Å². The number of piperidine rings is 1. The minimum absolute atomic E-state index is 0.390. The van der Waals surface area contributed by atoms with E-state index in [2.05, 4.69) is 21.1 Å². The Morgan fingerprint density at radius 1 is 1.35 bits per heavy atom. The molecule has 3 heterocycles. The molecule has 3 atom stereocenters. The number of pyridine rings is 1. The highest BCUT2D eigenvalue weighted by molar-refractivity contribution is 5.21. The number of rotatable bonds is 5. The van der Waals surface area contributed by atoms with Crippen LogP contribution in [-0.4, -0.2) is 33.7 Å². The highest BCUT2D eigenvalue weighted by Crippen LogP contribution is 2.40. The van der Waals surface area contributed by atoms with E-state index < -0.39 is 0 Å². The molecular weight excluding hydrogens is 290 g/mol. The van der Waals surface area contributed by atoms with Crippen molar-refractivity contribution < 1.29 is 9.26 Å². The number of nitrogens with zero attached hydrogens (tertiary/aromatic N) is 3. The first-order chi connectivity index (χ1) is 11.2. The standard InChI is InChI=1S/C18H23N3O2/c1-12-17(13(2)23-20-12)10-21-9-15-6-16(21)7-18(15)22-11-14-4-3-5-19-8-14/h3-5,8,15-16,18H,6-7,9-11H2,1-2H3/t15-,16+,18+/m1/s1. The summed E-state index contributed by atoms with van der Waals surface area (Å²) in [5, 5.41) is 4.07. The number of aryl methyl sites for hydroxylation is 2. The first-order valence-electron chi connectivity index (χ1n) is 8.37. The maximum Gasteiger partial charge on any atom is 0.138 e. The van der Waals surface area contributed by atoms with Gasteiger partial charge in [0.15, 0.2) is 0 Å². The van der Waals surface area contributed by atoms with E-state index in [1.54, 1.807) is 6.20 Å². The van der Waals surface area contributed by atoms with Gasteiger partial charge in [-0.15, -0.1) is 0 Å². The third-order valence-corrected chi connectivity index (χ3v) is 5.32. The van der Waals surface area contributed by atoms with Crippen LogP contribution in [0.2, 0.25) is 0 Å². The van der Waals surface area contributed by atoms with Crippen LogP contribution >= 0.6 is 0 Å². The summed E-state index contributed by atoms with van der Waals surface area (Å²) in [6, 6.07) is 4.67. The second kappa shape index (κ2) is 6.06. The molecule has 0 N–H and O–H groups in total. The molecule has 5 heteroatoms. The van der Waals surface area contributed by atoms with Crippen LogP contribution in [0.4, 0.5) is 0 Å². The van der Waals surface area contributed by atoms with Gasteiger partial charge in [0.1, 0.15) is 5.76 Å². The summed E-state index contributed by atoms with van der Waals surface area (Å²) >= 11 is 0. The van der Waals surface area contributed by atoms with Crippen molar-refractivity contribution in [2.45, 2.75) is 52.0 Å². The summed E-state index contributed by atoms with van der Waals surface area (Å²) in [6.07, 6.45) is 6.46. The minimum atomic E-state index is 0.390. The molecule has 122 valence electrons. The van der Waals surface area contributed by atoms with Crippen LogP contribution in [0, 0.1) is 19.8 Å². The number of aromatic nitrogens is 2. The van der Waals surface area contributed by atoms with Crippen LogP contribution in [0.1, 0.15) is 35.4 Å². The number of fused-ring (bicyclic) bond motifs is 2. The predicted octanol–water partition coefficient (Wildman–Crippen LogP) is 2.87. The molecule has 1 aliphatic heterocycles. The lowest BCUT2D eigenvalue weighted by molar-refractivity contribution is -0.0118. The van der Waals surface area contributed by atoms with Crippen molar-refractivity contribution in [3.8, 4) is 0 Å². The Morgan fingerprint density at radius 3 is 2.91 bits per heavy atom. The molecule has 0 spiro atoms. The molecule has 2 aromatic rings. The molecule has 1 saturated carbocycles. The molecule has 2 aromatic heterocycles. The van der Waals surface area contributed by atoms with Gasteiger partial charge in [0, 0.05) is 37.1 Å². The van der Waals surface area contributed by atoms with Crippen LogP contribution in [0.5, 0.6) is 0 Å². The van der Waals surface area contributed by atoms with Crippen molar-refractivity contribution >= 4 is 0 Å². The van der Waals surface area contributed by atoms with Gasteiger partial charge in [-0.3, -0.25) is 9.88 Å². The third-order valence-electron chi connectivity index (χ3n) is 5.32. The Balaban J connectivity index is 1.33. The zero-order valence-corrected chi connectivity index (χ0v) is 13.7. The fourth-order valence-electron chi connectivity index (χ4n) is 4.01. The molecule has 2 fully saturated rings. The van der Waals surface area contributed by atoms with Gasteiger partial charge in [-0.25, -0.2) is 0 Å². The maximum absolute atomic E-state index is 6.16. The van der Waals surface area contributed by atoms with Crippen LogP contribution in [-0.2, 0) is 17.9 Å². The lowest BCUT2D eigenvalue weighted by atomic mass is 10.0. The third kappa shape index (κ3) is 2.91. The van der Waals surface area contributed by atoms with Gasteiger partial charge < -0.3 is 9.26 Å². The van der Waals surface area contributed by atoms with Crippen LogP contribution in [0.25, 0.3) is 0 Å². The minimum Gasteiger partial charge on any atom is -0.373 e. The second-order valence-electron chi connectivity index (χ2n) is 6.83. The number of ether oxygens (including phenoxy) is 1. The van der Waals surface area contributed by atoms with Crippen molar-refractivity contribution in [2.75, 3.05) is 6.54 Å². The largest absolute Gasteiger partial charge is 0.373 e. The second-order valence-corrected chi connectivity index (χ2v) is 6.83. The quantitative estimate of drug-likeness (QED) is 0.849. The zero-order chi connectivity index (χ0) is 15.8. The number of hydrogen-bond donors (Lipinski definition) is 0. The summed E-state index contributed by atoms with van der Waals surface area (Å²) in [6.45, 7) is 6.78. The van der Waals surface area contributed by atoms with E-state index in [1.807, 2.05) is 26.1 Å². The SMILES string of the molecule is Cc1noc(C)c1CN1C[C@H]2C[C@H]1C[C@@H]2OCc1cccnc1. The molecule has 0 aromatic carbocycles. The van der Waals surface area contributed by atoms with Crippen LogP contribution in [0.15, 0.2) is 29.0 Å². The molecule has 0 radical (unpaired) electrons. The predicted molar refractivity (Wildman–Crippen MR) is 85.7 cm³/mol. The van der Waals surface area contributed by atoms with E-state index in [9.17, 15) is 0 Å². The Bertz CT molecular complexity index is 651. The molecular formula is C18H23N3O2. The molecule has 2 aliphatic rings. The van der Waals surface area contributed by atoms with Crippen molar-refractivity contribution in [1.29, 1.82) is 0 Å². The van der Waals surface area contributed by atoms with E-state index in [0.717, 1.165) is 36.5 Å². The van der Waals surface area contributed by atoms with E-state index in [0.29, 0.717) is 24.7 Å². The Labute approximate surface area is 136 Å².